The van der Waals surface area contributed by atoms with Crippen LogP contribution in [-0.2, 0) is 13.1 Å². The maximum absolute atomic E-state index is 4.94. The fraction of sp³-hybridized carbons (Fsp3) is 0.143. The van der Waals surface area contributed by atoms with Crippen LogP contribution in [0.15, 0.2) is 53.9 Å². The Morgan fingerprint density at radius 2 is 2.00 bits per heavy atom. The van der Waals surface area contributed by atoms with E-state index in [-0.39, 0.29) is 0 Å². The maximum Gasteiger partial charge on any atom is 0.180 e. The Morgan fingerprint density at radius 3 is 2.90 bits per heavy atom. The van der Waals surface area contributed by atoms with Crippen molar-refractivity contribution >= 4 is 11.0 Å². The summed E-state index contributed by atoms with van der Waals surface area (Å²) in [5, 5.41) is 8.29. The molecular weight excluding hydrogens is 268 g/mol. The molecule has 1 aromatic carbocycles. The third-order valence-electron chi connectivity index (χ3n) is 3.25. The molecule has 0 spiro atoms. The largest absolute Gasteiger partial charge is 0.451 e. The molecule has 3 aromatic heterocycles. The quantitative estimate of drug-likeness (QED) is 0.569. The Balaban J connectivity index is 1.56. The Hall–Kier alpha value is -2.96. The van der Waals surface area contributed by atoms with Gasteiger partial charge in [0.2, 0.25) is 0 Å². The van der Waals surface area contributed by atoms with Gasteiger partial charge in [-0.15, -0.1) is 5.10 Å². The van der Waals surface area contributed by atoms with E-state index in [1.165, 1.54) is 6.39 Å². The Kier molecular flexibility index (Phi) is 2.74. The molecule has 0 aliphatic carbocycles. The van der Waals surface area contributed by atoms with Crippen molar-refractivity contribution in [3.05, 3.63) is 60.8 Å². The molecule has 21 heavy (non-hydrogen) atoms. The lowest BCUT2D eigenvalue weighted by Crippen LogP contribution is -2.00. The van der Waals surface area contributed by atoms with Gasteiger partial charge in [-0.2, -0.15) is 0 Å². The van der Waals surface area contributed by atoms with Crippen LogP contribution in [-0.4, -0.2) is 29.5 Å². The summed E-state index contributed by atoms with van der Waals surface area (Å²) in [6, 6.07) is 8.02. The Labute approximate surface area is 119 Å². The molecule has 0 bridgehead atoms. The summed E-state index contributed by atoms with van der Waals surface area (Å²) in [5.41, 5.74) is 3.76. The maximum atomic E-state index is 4.94. The summed E-state index contributed by atoms with van der Waals surface area (Å²) >= 11 is 0. The molecule has 104 valence electrons. The zero-order valence-electron chi connectivity index (χ0n) is 11.1. The van der Waals surface area contributed by atoms with Gasteiger partial charge in [-0.25, -0.2) is 14.6 Å². The van der Waals surface area contributed by atoms with Crippen molar-refractivity contribution in [3.63, 3.8) is 0 Å². The van der Waals surface area contributed by atoms with Crippen LogP contribution < -0.4 is 0 Å². The van der Waals surface area contributed by atoms with E-state index in [2.05, 4.69) is 24.8 Å². The van der Waals surface area contributed by atoms with Crippen molar-refractivity contribution in [2.24, 2.45) is 0 Å². The van der Waals surface area contributed by atoms with Crippen LogP contribution in [0.1, 0.15) is 11.4 Å². The molecule has 0 N–H and O–H groups in total. The van der Waals surface area contributed by atoms with Gasteiger partial charge in [0, 0.05) is 0 Å². The van der Waals surface area contributed by atoms with Crippen molar-refractivity contribution in [2.45, 2.75) is 13.1 Å². The molecule has 0 saturated heterocycles. The van der Waals surface area contributed by atoms with Gasteiger partial charge in [0.1, 0.15) is 17.7 Å². The minimum absolute atomic E-state index is 0.550. The Morgan fingerprint density at radius 1 is 1.05 bits per heavy atom. The minimum Gasteiger partial charge on any atom is -0.451 e. The van der Waals surface area contributed by atoms with Crippen molar-refractivity contribution in [1.82, 2.24) is 29.5 Å². The molecule has 3 heterocycles. The van der Waals surface area contributed by atoms with Gasteiger partial charge >= 0.3 is 0 Å². The molecule has 0 atom stereocenters. The molecule has 7 nitrogen and oxygen atoms in total. The van der Waals surface area contributed by atoms with E-state index in [4.69, 9.17) is 4.42 Å². The third-order valence-corrected chi connectivity index (χ3v) is 3.25. The second-order valence-corrected chi connectivity index (χ2v) is 4.75. The van der Waals surface area contributed by atoms with Crippen molar-refractivity contribution in [3.8, 4) is 0 Å². The second-order valence-electron chi connectivity index (χ2n) is 4.75. The van der Waals surface area contributed by atoms with E-state index >= 15 is 0 Å². The van der Waals surface area contributed by atoms with Gasteiger partial charge < -0.3 is 8.98 Å². The van der Waals surface area contributed by atoms with Gasteiger partial charge in [-0.3, -0.25) is 0 Å². The lowest BCUT2D eigenvalue weighted by molar-refractivity contribution is 0.553. The second kappa shape index (κ2) is 4.86. The van der Waals surface area contributed by atoms with E-state index < -0.39 is 0 Å². The molecule has 0 radical (unpaired) electrons. The van der Waals surface area contributed by atoms with Crippen LogP contribution in [0.5, 0.6) is 0 Å². The summed E-state index contributed by atoms with van der Waals surface area (Å²) in [4.78, 5) is 8.43. The van der Waals surface area contributed by atoms with Crippen LogP contribution >= 0.6 is 0 Å². The number of nitrogens with zero attached hydrogens (tertiary/aromatic N) is 6. The number of benzene rings is 1. The number of hydrogen-bond donors (Lipinski definition) is 0. The first-order valence-electron chi connectivity index (χ1n) is 6.54. The van der Waals surface area contributed by atoms with Crippen molar-refractivity contribution < 1.29 is 4.42 Å². The average molecular weight is 280 g/mol. The third kappa shape index (κ3) is 2.29. The standard InChI is InChI=1S/C14H12N6O/c1-2-4-14-13(3-1)15-9-19(14)5-11-6-20(18-17-11)7-12-8-21-10-16-12/h1-4,6,8-10H,5,7H2. The summed E-state index contributed by atoms with van der Waals surface area (Å²) in [6.45, 7) is 1.19. The van der Waals surface area contributed by atoms with Crippen LogP contribution in [0.25, 0.3) is 11.0 Å². The summed E-state index contributed by atoms with van der Waals surface area (Å²) in [5.74, 6) is 0. The SMILES string of the molecule is c1ccc2c(c1)ncn2Cc1cn(Cc2cocn2)nn1. The van der Waals surface area contributed by atoms with E-state index in [1.54, 1.807) is 10.9 Å². The predicted octanol–water partition coefficient (Wildman–Crippen LogP) is 1.71. The average Bonchev–Trinajstić information content (AvgIpc) is 3.23. The Bertz CT molecular complexity index is 861. The lowest BCUT2D eigenvalue weighted by atomic mass is 10.3. The highest BCUT2D eigenvalue weighted by molar-refractivity contribution is 5.74. The number of imidazole rings is 1. The normalized spacial score (nSPS) is 11.2. The summed E-state index contributed by atoms with van der Waals surface area (Å²) < 4.78 is 8.74. The molecule has 4 aromatic rings. The van der Waals surface area contributed by atoms with Gasteiger partial charge in [0.05, 0.1) is 36.6 Å². The fourth-order valence-electron chi connectivity index (χ4n) is 2.28. The van der Waals surface area contributed by atoms with Crippen LogP contribution in [0, 0.1) is 0 Å². The molecule has 4 rings (SSSR count). The van der Waals surface area contributed by atoms with Crippen molar-refractivity contribution in [2.75, 3.05) is 0 Å². The molecule has 7 heteroatoms. The number of rotatable bonds is 4. The minimum atomic E-state index is 0.550. The van der Waals surface area contributed by atoms with Gasteiger partial charge in [0.15, 0.2) is 6.39 Å². The summed E-state index contributed by atoms with van der Waals surface area (Å²) in [7, 11) is 0. The van der Waals surface area contributed by atoms with Gasteiger partial charge in [-0.1, -0.05) is 17.3 Å². The molecule has 0 aliphatic heterocycles. The smallest absolute Gasteiger partial charge is 0.180 e. The molecular formula is C14H12N6O. The zero-order valence-corrected chi connectivity index (χ0v) is 11.1. The van der Waals surface area contributed by atoms with Crippen molar-refractivity contribution in [1.29, 1.82) is 0 Å². The molecule has 0 fully saturated rings. The highest BCUT2D eigenvalue weighted by Gasteiger charge is 2.06. The van der Waals surface area contributed by atoms with E-state index in [1.807, 2.05) is 36.8 Å². The first kappa shape index (κ1) is 11.8. The molecule has 0 amide bonds. The monoisotopic (exact) mass is 280 g/mol. The molecule has 0 saturated carbocycles. The lowest BCUT2D eigenvalue weighted by Gasteiger charge is -2.00. The topological polar surface area (TPSA) is 74.6 Å². The number of para-hydroxylation sites is 2. The predicted molar refractivity (Wildman–Crippen MR) is 74.5 cm³/mol. The van der Waals surface area contributed by atoms with Crippen LogP contribution in [0.3, 0.4) is 0 Å². The van der Waals surface area contributed by atoms with Crippen LogP contribution in [0.2, 0.25) is 0 Å². The number of hydrogen-bond acceptors (Lipinski definition) is 5. The van der Waals surface area contributed by atoms with Gasteiger partial charge in [0.25, 0.3) is 0 Å². The summed E-state index contributed by atoms with van der Waals surface area (Å²) in [6.07, 6.45) is 6.74. The number of aromatic nitrogens is 6. The van der Waals surface area contributed by atoms with Gasteiger partial charge in [-0.05, 0) is 12.1 Å². The molecule has 0 aliphatic rings. The van der Waals surface area contributed by atoms with Crippen LogP contribution in [0.4, 0.5) is 0 Å². The highest BCUT2D eigenvalue weighted by Crippen LogP contribution is 2.13. The first-order valence-corrected chi connectivity index (χ1v) is 6.54. The first-order chi connectivity index (χ1) is 10.4. The highest BCUT2D eigenvalue weighted by atomic mass is 16.3. The van der Waals surface area contributed by atoms with E-state index in [0.717, 1.165) is 22.4 Å². The number of fused-ring (bicyclic) bond motifs is 1. The van der Waals surface area contributed by atoms with E-state index in [0.29, 0.717) is 13.1 Å². The zero-order chi connectivity index (χ0) is 14.1. The molecule has 0 unspecified atom stereocenters. The number of oxazole rings is 1. The van der Waals surface area contributed by atoms with E-state index in [9.17, 15) is 0 Å². The fourth-order valence-corrected chi connectivity index (χ4v) is 2.28.